The standard InChI is InChI=1S/C25H33ClN4O3/c26-21-7-5-20(6-8-21)23-10-9-22(33-23)17-27-24(31)18-28-13-15-29(16-14-28)19-25(32)30-11-3-1-2-4-12-30/h5-10H,1-4,11-19H2,(H,27,31). The summed E-state index contributed by atoms with van der Waals surface area (Å²) in [6.45, 7) is 6.23. The molecule has 3 heterocycles. The van der Waals surface area contributed by atoms with Crippen molar-refractivity contribution in [2.24, 2.45) is 0 Å². The first-order valence-corrected chi connectivity index (χ1v) is 12.3. The lowest BCUT2D eigenvalue weighted by Gasteiger charge is -2.34. The van der Waals surface area contributed by atoms with Gasteiger partial charge in [-0.05, 0) is 49.2 Å². The summed E-state index contributed by atoms with van der Waals surface area (Å²) in [5.41, 5.74) is 0.948. The van der Waals surface area contributed by atoms with Gasteiger partial charge in [0.05, 0.1) is 19.6 Å². The lowest BCUT2D eigenvalue weighted by molar-refractivity contribution is -0.133. The average Bonchev–Trinajstić information content (AvgIpc) is 3.12. The molecule has 8 heteroatoms. The van der Waals surface area contributed by atoms with Gasteiger partial charge in [0.15, 0.2) is 0 Å². The number of halogens is 1. The van der Waals surface area contributed by atoms with Gasteiger partial charge in [-0.3, -0.25) is 19.4 Å². The van der Waals surface area contributed by atoms with Gasteiger partial charge in [-0.1, -0.05) is 24.4 Å². The van der Waals surface area contributed by atoms with Gasteiger partial charge in [-0.2, -0.15) is 0 Å². The second-order valence-corrected chi connectivity index (χ2v) is 9.33. The minimum atomic E-state index is -0.0199. The van der Waals surface area contributed by atoms with Crippen LogP contribution in [0.2, 0.25) is 5.02 Å². The van der Waals surface area contributed by atoms with Gasteiger partial charge in [-0.15, -0.1) is 0 Å². The number of nitrogens with one attached hydrogen (secondary N) is 1. The molecule has 1 aromatic heterocycles. The summed E-state index contributed by atoms with van der Waals surface area (Å²) in [4.78, 5) is 31.4. The van der Waals surface area contributed by atoms with Crippen LogP contribution in [-0.2, 0) is 16.1 Å². The zero-order valence-electron chi connectivity index (χ0n) is 19.1. The molecule has 0 radical (unpaired) electrons. The monoisotopic (exact) mass is 472 g/mol. The summed E-state index contributed by atoms with van der Waals surface area (Å²) in [6, 6.07) is 11.2. The lowest BCUT2D eigenvalue weighted by Crippen LogP contribution is -2.52. The molecule has 2 aromatic rings. The molecule has 0 spiro atoms. The van der Waals surface area contributed by atoms with Crippen molar-refractivity contribution in [3.8, 4) is 11.3 Å². The first-order valence-electron chi connectivity index (χ1n) is 11.9. The Hall–Kier alpha value is -2.35. The number of nitrogens with zero attached hydrogens (tertiary/aromatic N) is 3. The van der Waals surface area contributed by atoms with Crippen LogP contribution in [0.3, 0.4) is 0 Å². The van der Waals surface area contributed by atoms with Gasteiger partial charge >= 0.3 is 0 Å². The molecule has 0 bridgehead atoms. The van der Waals surface area contributed by atoms with Crippen molar-refractivity contribution in [3.63, 3.8) is 0 Å². The second-order valence-electron chi connectivity index (χ2n) is 8.90. The Morgan fingerprint density at radius 3 is 2.12 bits per heavy atom. The molecule has 2 amide bonds. The number of hydrogen-bond acceptors (Lipinski definition) is 5. The van der Waals surface area contributed by atoms with Crippen LogP contribution >= 0.6 is 11.6 Å². The number of benzene rings is 1. The fourth-order valence-electron chi connectivity index (χ4n) is 4.40. The summed E-state index contributed by atoms with van der Waals surface area (Å²) in [7, 11) is 0. The van der Waals surface area contributed by atoms with E-state index in [4.69, 9.17) is 16.0 Å². The number of furan rings is 1. The molecule has 2 fully saturated rings. The van der Waals surface area contributed by atoms with Crippen LogP contribution in [0, 0.1) is 0 Å². The van der Waals surface area contributed by atoms with Gasteiger partial charge in [0, 0.05) is 49.9 Å². The molecule has 2 aliphatic heterocycles. The van der Waals surface area contributed by atoms with Crippen LogP contribution in [0.15, 0.2) is 40.8 Å². The third kappa shape index (κ3) is 7.06. The number of rotatable bonds is 7. The number of carbonyl (C=O) groups is 2. The van der Waals surface area contributed by atoms with Crippen LogP contribution < -0.4 is 5.32 Å². The number of amides is 2. The molecular formula is C25H33ClN4O3. The van der Waals surface area contributed by atoms with Crippen LogP contribution in [0.25, 0.3) is 11.3 Å². The Balaban J connectivity index is 1.15. The molecule has 0 unspecified atom stereocenters. The van der Waals surface area contributed by atoms with Gasteiger partial charge in [0.25, 0.3) is 0 Å². The number of hydrogen-bond donors (Lipinski definition) is 1. The van der Waals surface area contributed by atoms with E-state index >= 15 is 0 Å². The van der Waals surface area contributed by atoms with E-state index in [1.807, 2.05) is 41.3 Å². The Labute approximate surface area is 200 Å². The highest BCUT2D eigenvalue weighted by Gasteiger charge is 2.23. The predicted octanol–water partition coefficient (Wildman–Crippen LogP) is 3.24. The number of likely N-dealkylation sites (tertiary alicyclic amines) is 1. The van der Waals surface area contributed by atoms with Crippen molar-refractivity contribution in [2.75, 3.05) is 52.4 Å². The maximum absolute atomic E-state index is 12.6. The zero-order chi connectivity index (χ0) is 23.0. The largest absolute Gasteiger partial charge is 0.459 e. The predicted molar refractivity (Wildman–Crippen MR) is 129 cm³/mol. The summed E-state index contributed by atoms with van der Waals surface area (Å²) < 4.78 is 5.84. The van der Waals surface area contributed by atoms with E-state index in [1.165, 1.54) is 12.8 Å². The van der Waals surface area contributed by atoms with E-state index < -0.39 is 0 Å². The van der Waals surface area contributed by atoms with E-state index in [2.05, 4.69) is 15.1 Å². The van der Waals surface area contributed by atoms with Crippen molar-refractivity contribution in [1.82, 2.24) is 20.0 Å². The molecule has 1 aromatic carbocycles. The first kappa shape index (κ1) is 23.8. The Morgan fingerprint density at radius 1 is 0.818 bits per heavy atom. The average molecular weight is 473 g/mol. The molecule has 0 atom stereocenters. The lowest BCUT2D eigenvalue weighted by atomic mass is 10.2. The SMILES string of the molecule is O=C(CN1CCN(CC(=O)N2CCCCCC2)CC1)NCc1ccc(-c2ccc(Cl)cc2)o1. The smallest absolute Gasteiger partial charge is 0.236 e. The van der Waals surface area contributed by atoms with Gasteiger partial charge in [0.2, 0.25) is 11.8 Å². The minimum Gasteiger partial charge on any atom is -0.459 e. The molecular weight excluding hydrogens is 440 g/mol. The van der Waals surface area contributed by atoms with Crippen LogP contribution in [0.4, 0.5) is 0 Å². The van der Waals surface area contributed by atoms with E-state index in [9.17, 15) is 9.59 Å². The fraction of sp³-hybridized carbons (Fsp3) is 0.520. The molecule has 0 saturated carbocycles. The van der Waals surface area contributed by atoms with E-state index in [1.54, 1.807) is 0 Å². The summed E-state index contributed by atoms with van der Waals surface area (Å²) >= 11 is 5.93. The van der Waals surface area contributed by atoms with Crippen LogP contribution in [0.1, 0.15) is 31.4 Å². The van der Waals surface area contributed by atoms with E-state index in [-0.39, 0.29) is 11.8 Å². The maximum Gasteiger partial charge on any atom is 0.236 e. The highest BCUT2D eigenvalue weighted by molar-refractivity contribution is 6.30. The fourth-order valence-corrected chi connectivity index (χ4v) is 4.53. The maximum atomic E-state index is 12.6. The molecule has 178 valence electrons. The summed E-state index contributed by atoms with van der Waals surface area (Å²) in [5, 5.41) is 3.63. The highest BCUT2D eigenvalue weighted by Crippen LogP contribution is 2.23. The minimum absolute atomic E-state index is 0.0199. The second kappa shape index (κ2) is 11.7. The quantitative estimate of drug-likeness (QED) is 0.670. The van der Waals surface area contributed by atoms with Crippen molar-refractivity contribution >= 4 is 23.4 Å². The molecule has 33 heavy (non-hydrogen) atoms. The van der Waals surface area contributed by atoms with Crippen molar-refractivity contribution in [1.29, 1.82) is 0 Å². The Bertz CT molecular complexity index is 914. The zero-order valence-corrected chi connectivity index (χ0v) is 19.9. The molecule has 0 aliphatic carbocycles. The summed E-state index contributed by atoms with van der Waals surface area (Å²) in [6.07, 6.45) is 4.70. The molecule has 7 nitrogen and oxygen atoms in total. The van der Waals surface area contributed by atoms with E-state index in [0.29, 0.717) is 30.4 Å². The van der Waals surface area contributed by atoms with Crippen molar-refractivity contribution in [2.45, 2.75) is 32.2 Å². The van der Waals surface area contributed by atoms with Crippen molar-refractivity contribution in [3.05, 3.63) is 47.2 Å². The van der Waals surface area contributed by atoms with Gasteiger partial charge in [0.1, 0.15) is 11.5 Å². The van der Waals surface area contributed by atoms with E-state index in [0.717, 1.165) is 63.4 Å². The number of carbonyl (C=O) groups excluding carboxylic acids is 2. The van der Waals surface area contributed by atoms with Crippen LogP contribution in [-0.4, -0.2) is 78.9 Å². The number of piperazine rings is 1. The molecule has 2 aliphatic rings. The third-order valence-electron chi connectivity index (χ3n) is 6.40. The normalized spacial score (nSPS) is 18.2. The van der Waals surface area contributed by atoms with Crippen molar-refractivity contribution < 1.29 is 14.0 Å². The van der Waals surface area contributed by atoms with Crippen LogP contribution in [0.5, 0.6) is 0 Å². The molecule has 1 N–H and O–H groups in total. The van der Waals surface area contributed by atoms with Gasteiger partial charge < -0.3 is 14.6 Å². The topological polar surface area (TPSA) is 69.0 Å². The third-order valence-corrected chi connectivity index (χ3v) is 6.65. The first-order chi connectivity index (χ1) is 16.1. The Morgan fingerprint density at radius 2 is 1.45 bits per heavy atom. The highest BCUT2D eigenvalue weighted by atomic mass is 35.5. The molecule has 4 rings (SSSR count). The molecule has 2 saturated heterocycles. The van der Waals surface area contributed by atoms with Gasteiger partial charge in [-0.25, -0.2) is 0 Å². The Kier molecular flexibility index (Phi) is 8.42. The summed E-state index contributed by atoms with van der Waals surface area (Å²) in [5.74, 6) is 1.69.